The minimum Gasteiger partial charge on any atom is -0.369 e. The molecule has 136 valence electrons. The molecule has 8 nitrogen and oxygen atoms in total. The number of aromatic nitrogens is 3. The molecular weight excluding hydrogens is 344 g/mol. The molecule has 0 radical (unpaired) electrons. The van der Waals surface area contributed by atoms with Gasteiger partial charge in [0.05, 0.1) is 17.4 Å². The highest BCUT2D eigenvalue weighted by atomic mass is 32.2. The Bertz CT molecular complexity index is 778. The monoisotopic (exact) mass is 366 g/mol. The maximum Gasteiger partial charge on any atom is 0.259 e. The van der Waals surface area contributed by atoms with Gasteiger partial charge in [-0.05, 0) is 31.4 Å². The van der Waals surface area contributed by atoms with Crippen LogP contribution in [0.25, 0.3) is 11.5 Å². The van der Waals surface area contributed by atoms with Crippen molar-refractivity contribution in [3.8, 4) is 11.5 Å². The second-order valence-corrected chi connectivity index (χ2v) is 8.10. The van der Waals surface area contributed by atoms with E-state index in [9.17, 15) is 8.42 Å². The van der Waals surface area contributed by atoms with Gasteiger partial charge in [-0.25, -0.2) is 8.42 Å². The second kappa shape index (κ2) is 8.03. The molecule has 1 aliphatic heterocycles. The minimum absolute atomic E-state index is 0.152. The number of sulfonamides is 1. The lowest BCUT2D eigenvalue weighted by atomic mass is 10.1. The molecule has 0 N–H and O–H groups in total. The van der Waals surface area contributed by atoms with Crippen LogP contribution < -0.4 is 0 Å². The van der Waals surface area contributed by atoms with E-state index < -0.39 is 10.0 Å². The number of piperidine rings is 1. The molecule has 2 aromatic rings. The van der Waals surface area contributed by atoms with Gasteiger partial charge in [0.1, 0.15) is 6.61 Å². The van der Waals surface area contributed by atoms with Gasteiger partial charge in [0.25, 0.3) is 5.89 Å². The van der Waals surface area contributed by atoms with Gasteiger partial charge >= 0.3 is 0 Å². The van der Waals surface area contributed by atoms with Crippen molar-refractivity contribution in [2.24, 2.45) is 0 Å². The smallest absolute Gasteiger partial charge is 0.259 e. The van der Waals surface area contributed by atoms with Crippen molar-refractivity contribution in [3.63, 3.8) is 0 Å². The van der Waals surface area contributed by atoms with E-state index in [2.05, 4.69) is 15.1 Å². The number of pyridine rings is 1. The van der Waals surface area contributed by atoms with Crippen LogP contribution in [0.4, 0.5) is 0 Å². The van der Waals surface area contributed by atoms with Gasteiger partial charge in [-0.3, -0.25) is 4.98 Å². The highest BCUT2D eigenvalue weighted by Gasteiger charge is 2.28. The highest BCUT2D eigenvalue weighted by Crippen LogP contribution is 2.19. The number of hydrogen-bond donors (Lipinski definition) is 0. The van der Waals surface area contributed by atoms with E-state index in [1.54, 1.807) is 18.5 Å². The Kier molecular flexibility index (Phi) is 5.77. The zero-order chi connectivity index (χ0) is 17.7. The molecule has 0 bridgehead atoms. The van der Waals surface area contributed by atoms with Gasteiger partial charge in [0.15, 0.2) is 5.82 Å². The molecule has 1 fully saturated rings. The summed E-state index contributed by atoms with van der Waals surface area (Å²) < 4.78 is 36.9. The summed E-state index contributed by atoms with van der Waals surface area (Å²) in [5, 5.41) is 3.90. The third-order valence-electron chi connectivity index (χ3n) is 4.02. The predicted molar refractivity (Wildman–Crippen MR) is 91.0 cm³/mol. The molecule has 0 amide bonds. The van der Waals surface area contributed by atoms with Gasteiger partial charge < -0.3 is 9.26 Å². The Morgan fingerprint density at radius 2 is 2.32 bits per heavy atom. The summed E-state index contributed by atoms with van der Waals surface area (Å²) >= 11 is 0. The maximum absolute atomic E-state index is 12.2. The normalized spacial score (nSPS) is 19.2. The molecule has 1 saturated heterocycles. The molecule has 1 unspecified atom stereocenters. The van der Waals surface area contributed by atoms with Crippen LogP contribution in [0, 0.1) is 0 Å². The minimum atomic E-state index is -3.18. The van der Waals surface area contributed by atoms with Crippen LogP contribution in [0.3, 0.4) is 0 Å². The largest absolute Gasteiger partial charge is 0.369 e. The Hall–Kier alpha value is -1.84. The van der Waals surface area contributed by atoms with Gasteiger partial charge in [-0.2, -0.15) is 9.29 Å². The Balaban J connectivity index is 1.56. The van der Waals surface area contributed by atoms with Crippen molar-refractivity contribution < 1.29 is 17.7 Å². The average molecular weight is 366 g/mol. The van der Waals surface area contributed by atoms with Crippen molar-refractivity contribution in [3.05, 3.63) is 30.4 Å². The Morgan fingerprint density at radius 3 is 3.08 bits per heavy atom. The first kappa shape index (κ1) is 18.0. The van der Waals surface area contributed by atoms with Crippen LogP contribution in [0.5, 0.6) is 0 Å². The number of nitrogens with zero attached hydrogens (tertiary/aromatic N) is 4. The third kappa shape index (κ3) is 4.62. The molecule has 1 atom stereocenters. The van der Waals surface area contributed by atoms with E-state index in [0.717, 1.165) is 18.4 Å². The summed E-state index contributed by atoms with van der Waals surface area (Å²) in [6.07, 6.45) is 5.40. The molecule has 25 heavy (non-hydrogen) atoms. The fourth-order valence-electron chi connectivity index (χ4n) is 2.79. The molecule has 3 heterocycles. The predicted octanol–water partition coefficient (Wildman–Crippen LogP) is 1.85. The Labute approximate surface area is 147 Å². The number of hydrogen-bond acceptors (Lipinski definition) is 7. The molecular formula is C16H22N4O4S. The van der Waals surface area contributed by atoms with E-state index in [4.69, 9.17) is 9.26 Å². The van der Waals surface area contributed by atoms with Crippen LogP contribution in [0.15, 0.2) is 29.0 Å². The van der Waals surface area contributed by atoms with Gasteiger partial charge in [0.2, 0.25) is 10.0 Å². The van der Waals surface area contributed by atoms with Crippen molar-refractivity contribution in [1.29, 1.82) is 0 Å². The fourth-order valence-corrected chi connectivity index (χ4v) is 4.37. The first-order valence-corrected chi connectivity index (χ1v) is 10.0. The zero-order valence-corrected chi connectivity index (χ0v) is 15.0. The van der Waals surface area contributed by atoms with Crippen LogP contribution >= 0.6 is 0 Å². The lowest BCUT2D eigenvalue weighted by molar-refractivity contribution is 0.00439. The quantitative estimate of drug-likeness (QED) is 0.737. The Morgan fingerprint density at radius 1 is 1.44 bits per heavy atom. The second-order valence-electron chi connectivity index (χ2n) is 6.01. The van der Waals surface area contributed by atoms with Gasteiger partial charge in [-0.15, -0.1) is 0 Å². The summed E-state index contributed by atoms with van der Waals surface area (Å²) in [5.41, 5.74) is 0.746. The average Bonchev–Trinajstić information content (AvgIpc) is 3.10. The van der Waals surface area contributed by atoms with Crippen molar-refractivity contribution >= 4 is 10.0 Å². The lowest BCUT2D eigenvalue weighted by Gasteiger charge is -2.31. The third-order valence-corrected chi connectivity index (χ3v) is 6.06. The van der Waals surface area contributed by atoms with E-state index >= 15 is 0 Å². The standard InChI is InChI=1S/C16H22N4O4S/c1-2-9-25(21,22)20-8-4-6-14(11-20)23-12-15-18-16(24-19-15)13-5-3-7-17-10-13/h3,5,7,10,14H,2,4,6,8-9,11-12H2,1H3. The molecule has 9 heteroatoms. The van der Waals surface area contributed by atoms with E-state index in [0.29, 0.717) is 31.2 Å². The molecule has 3 rings (SSSR count). The van der Waals surface area contributed by atoms with Crippen LogP contribution in [0.1, 0.15) is 32.0 Å². The van der Waals surface area contributed by atoms with Crippen LogP contribution in [-0.4, -0.2) is 52.8 Å². The summed E-state index contributed by atoms with van der Waals surface area (Å²) in [4.78, 5) is 8.30. The molecule has 2 aromatic heterocycles. The van der Waals surface area contributed by atoms with E-state index in [1.165, 1.54) is 4.31 Å². The van der Waals surface area contributed by atoms with E-state index in [1.807, 2.05) is 13.0 Å². The van der Waals surface area contributed by atoms with Crippen LogP contribution in [0.2, 0.25) is 0 Å². The molecule has 0 aromatic carbocycles. The summed E-state index contributed by atoms with van der Waals surface area (Å²) in [6, 6.07) is 3.63. The fraction of sp³-hybridized carbons (Fsp3) is 0.562. The maximum atomic E-state index is 12.2. The van der Waals surface area contributed by atoms with Gasteiger partial charge in [0, 0.05) is 25.5 Å². The van der Waals surface area contributed by atoms with Crippen molar-refractivity contribution in [1.82, 2.24) is 19.4 Å². The summed E-state index contributed by atoms with van der Waals surface area (Å²) in [6.45, 7) is 3.01. The zero-order valence-electron chi connectivity index (χ0n) is 14.2. The molecule has 0 saturated carbocycles. The first-order valence-electron chi connectivity index (χ1n) is 8.41. The summed E-state index contributed by atoms with van der Waals surface area (Å²) in [7, 11) is -3.18. The molecule has 1 aliphatic rings. The van der Waals surface area contributed by atoms with E-state index in [-0.39, 0.29) is 18.5 Å². The lowest BCUT2D eigenvalue weighted by Crippen LogP contribution is -2.44. The summed E-state index contributed by atoms with van der Waals surface area (Å²) in [5.74, 6) is 1.01. The van der Waals surface area contributed by atoms with Crippen molar-refractivity contribution in [2.75, 3.05) is 18.8 Å². The SMILES string of the molecule is CCCS(=O)(=O)N1CCCC(OCc2noc(-c3cccnc3)n2)C1. The molecule has 0 spiro atoms. The molecule has 0 aliphatic carbocycles. The van der Waals surface area contributed by atoms with Gasteiger partial charge in [-0.1, -0.05) is 12.1 Å². The number of rotatable bonds is 7. The highest BCUT2D eigenvalue weighted by molar-refractivity contribution is 7.89. The topological polar surface area (TPSA) is 98.4 Å². The first-order chi connectivity index (χ1) is 12.1. The number of ether oxygens (including phenoxy) is 1. The van der Waals surface area contributed by atoms with Crippen LogP contribution in [-0.2, 0) is 21.4 Å². The van der Waals surface area contributed by atoms with Crippen molar-refractivity contribution in [2.45, 2.75) is 38.9 Å².